The first-order chi connectivity index (χ1) is 8.40. The van der Waals surface area contributed by atoms with Crippen molar-refractivity contribution in [2.45, 2.75) is 51.4 Å². The molecule has 2 nitrogen and oxygen atoms in total. The highest BCUT2D eigenvalue weighted by Gasteiger charge is 2.43. The predicted octanol–water partition coefficient (Wildman–Crippen LogP) is 2.65. The number of nitrogens with zero attached hydrogens (tertiary/aromatic N) is 1. The van der Waals surface area contributed by atoms with Crippen LogP contribution in [0.15, 0.2) is 0 Å². The molecule has 5 heteroatoms. The van der Waals surface area contributed by atoms with E-state index < -0.39 is 12.7 Å². The van der Waals surface area contributed by atoms with Gasteiger partial charge in [0.05, 0.1) is 6.54 Å². The minimum atomic E-state index is -4.08. The molecule has 1 saturated carbocycles. The van der Waals surface area contributed by atoms with Crippen LogP contribution in [-0.4, -0.2) is 42.8 Å². The molecule has 1 aliphatic carbocycles. The van der Waals surface area contributed by atoms with Gasteiger partial charge in [0.15, 0.2) is 0 Å². The lowest BCUT2D eigenvalue weighted by molar-refractivity contribution is -0.155. The molecule has 1 saturated heterocycles. The molecule has 0 amide bonds. The maximum Gasteiger partial charge on any atom is 0.401 e. The number of nitrogens with one attached hydrogen (secondary N) is 1. The van der Waals surface area contributed by atoms with E-state index in [0.29, 0.717) is 18.4 Å². The van der Waals surface area contributed by atoms with Crippen molar-refractivity contribution < 1.29 is 13.2 Å². The summed E-state index contributed by atoms with van der Waals surface area (Å²) in [5, 5.41) is 3.45. The van der Waals surface area contributed by atoms with Crippen molar-refractivity contribution in [3.63, 3.8) is 0 Å². The van der Waals surface area contributed by atoms with Crippen LogP contribution >= 0.6 is 0 Å². The van der Waals surface area contributed by atoms with Crippen LogP contribution in [0.4, 0.5) is 13.2 Å². The van der Waals surface area contributed by atoms with E-state index in [1.54, 1.807) is 4.90 Å². The van der Waals surface area contributed by atoms with Gasteiger partial charge in [-0.25, -0.2) is 0 Å². The van der Waals surface area contributed by atoms with Gasteiger partial charge in [0.25, 0.3) is 0 Å². The van der Waals surface area contributed by atoms with Crippen molar-refractivity contribution in [1.82, 2.24) is 10.2 Å². The molecule has 2 rings (SSSR count). The second-order valence-electron chi connectivity index (χ2n) is 5.85. The van der Waals surface area contributed by atoms with Crippen molar-refractivity contribution in [2.75, 3.05) is 19.6 Å². The summed E-state index contributed by atoms with van der Waals surface area (Å²) in [6, 6.07) is 0.291. The minimum absolute atomic E-state index is 0.0898. The summed E-state index contributed by atoms with van der Waals surface area (Å²) in [4.78, 5) is 1.67. The maximum atomic E-state index is 12.6. The van der Waals surface area contributed by atoms with E-state index in [2.05, 4.69) is 19.2 Å². The monoisotopic (exact) mass is 264 g/mol. The predicted molar refractivity (Wildman–Crippen MR) is 65.4 cm³/mol. The third-order valence-electron chi connectivity index (χ3n) is 4.37. The highest BCUT2D eigenvalue weighted by molar-refractivity contribution is 4.96. The molecular weight excluding hydrogens is 241 g/mol. The van der Waals surface area contributed by atoms with E-state index in [0.717, 1.165) is 25.8 Å². The van der Waals surface area contributed by atoms with E-state index >= 15 is 0 Å². The molecule has 0 aromatic carbocycles. The highest BCUT2D eigenvalue weighted by Crippen LogP contribution is 2.37. The Morgan fingerprint density at radius 1 is 1.33 bits per heavy atom. The Hall–Kier alpha value is -0.290. The van der Waals surface area contributed by atoms with Gasteiger partial charge in [-0.05, 0) is 24.7 Å². The third kappa shape index (κ3) is 3.60. The van der Waals surface area contributed by atoms with Gasteiger partial charge in [-0.3, -0.25) is 4.90 Å². The lowest BCUT2D eigenvalue weighted by Gasteiger charge is -2.42. The van der Waals surface area contributed by atoms with Crippen molar-refractivity contribution in [3.05, 3.63) is 0 Å². The van der Waals surface area contributed by atoms with Crippen molar-refractivity contribution >= 4 is 0 Å². The lowest BCUT2D eigenvalue weighted by Crippen LogP contribution is -2.60. The van der Waals surface area contributed by atoms with Crippen LogP contribution < -0.4 is 5.32 Å². The Bertz CT molecular complexity index is 276. The molecule has 0 aromatic heterocycles. The molecule has 18 heavy (non-hydrogen) atoms. The topological polar surface area (TPSA) is 15.3 Å². The molecule has 3 atom stereocenters. The third-order valence-corrected chi connectivity index (χ3v) is 4.37. The van der Waals surface area contributed by atoms with E-state index in [4.69, 9.17) is 0 Å². The van der Waals surface area contributed by atoms with Gasteiger partial charge in [0.1, 0.15) is 0 Å². The fourth-order valence-corrected chi connectivity index (χ4v) is 2.88. The Kier molecular flexibility index (Phi) is 4.22. The van der Waals surface area contributed by atoms with Crippen LogP contribution in [0, 0.1) is 11.8 Å². The molecule has 1 heterocycles. The maximum absolute atomic E-state index is 12.6. The number of rotatable bonds is 4. The van der Waals surface area contributed by atoms with Gasteiger partial charge < -0.3 is 5.32 Å². The summed E-state index contributed by atoms with van der Waals surface area (Å²) in [7, 11) is 0. The summed E-state index contributed by atoms with van der Waals surface area (Å²) in [6.07, 6.45) is -0.889. The number of halogens is 3. The average Bonchev–Trinajstić information content (AvgIpc) is 3.09. The van der Waals surface area contributed by atoms with Gasteiger partial charge in [-0.15, -0.1) is 0 Å². The van der Waals surface area contributed by atoms with Crippen LogP contribution in [-0.2, 0) is 0 Å². The van der Waals surface area contributed by atoms with E-state index in [9.17, 15) is 13.2 Å². The smallest absolute Gasteiger partial charge is 0.311 e. The molecule has 0 aromatic rings. The number of piperazine rings is 1. The molecule has 0 bridgehead atoms. The molecule has 3 unspecified atom stereocenters. The van der Waals surface area contributed by atoms with Crippen molar-refractivity contribution in [3.8, 4) is 0 Å². The first-order valence-corrected chi connectivity index (χ1v) is 6.95. The summed E-state index contributed by atoms with van der Waals surface area (Å²) in [5.74, 6) is 0.915. The quantitative estimate of drug-likeness (QED) is 0.839. The zero-order valence-corrected chi connectivity index (χ0v) is 11.1. The Morgan fingerprint density at radius 2 is 2.00 bits per heavy atom. The zero-order valence-electron chi connectivity index (χ0n) is 11.1. The fraction of sp³-hybridized carbons (Fsp3) is 1.00. The molecule has 0 spiro atoms. The summed E-state index contributed by atoms with van der Waals surface area (Å²) < 4.78 is 37.9. The normalized spacial score (nSPS) is 32.5. The lowest BCUT2D eigenvalue weighted by atomic mass is 9.94. The van der Waals surface area contributed by atoms with Crippen molar-refractivity contribution in [2.24, 2.45) is 11.8 Å². The highest BCUT2D eigenvalue weighted by atomic mass is 19.4. The van der Waals surface area contributed by atoms with Gasteiger partial charge in [0.2, 0.25) is 0 Å². The van der Waals surface area contributed by atoms with E-state index in [-0.39, 0.29) is 12.1 Å². The van der Waals surface area contributed by atoms with Crippen LogP contribution in [0.2, 0.25) is 0 Å². The second kappa shape index (κ2) is 5.37. The van der Waals surface area contributed by atoms with Gasteiger partial charge in [0, 0.05) is 25.2 Å². The SMILES string of the molecule is CCC(C)C1CN(CC(F)(F)F)C(C2CC2)CN1. The number of alkyl halides is 3. The van der Waals surface area contributed by atoms with Gasteiger partial charge in [-0.1, -0.05) is 20.3 Å². The summed E-state index contributed by atoms with van der Waals surface area (Å²) in [6.45, 7) is 4.71. The zero-order chi connectivity index (χ0) is 13.3. The molecule has 1 aliphatic heterocycles. The fourth-order valence-electron chi connectivity index (χ4n) is 2.88. The Balaban J connectivity index is 1.98. The van der Waals surface area contributed by atoms with Gasteiger partial charge in [-0.2, -0.15) is 13.2 Å². The van der Waals surface area contributed by atoms with Gasteiger partial charge >= 0.3 is 6.18 Å². The Morgan fingerprint density at radius 3 is 2.50 bits per heavy atom. The standard InChI is InChI=1S/C13H23F3N2/c1-3-9(2)11-7-18(8-13(14,15)16)12(6-17-11)10-4-5-10/h9-12,17H,3-8H2,1-2H3. The summed E-state index contributed by atoms with van der Waals surface area (Å²) in [5.41, 5.74) is 0. The number of hydrogen-bond acceptors (Lipinski definition) is 2. The molecule has 2 aliphatic rings. The van der Waals surface area contributed by atoms with Crippen molar-refractivity contribution in [1.29, 1.82) is 0 Å². The van der Waals surface area contributed by atoms with Crippen LogP contribution in [0.3, 0.4) is 0 Å². The molecule has 1 N–H and O–H groups in total. The summed E-state index contributed by atoms with van der Waals surface area (Å²) >= 11 is 0. The largest absolute Gasteiger partial charge is 0.401 e. The van der Waals surface area contributed by atoms with Crippen LogP contribution in [0.25, 0.3) is 0 Å². The van der Waals surface area contributed by atoms with E-state index in [1.807, 2.05) is 0 Å². The van der Waals surface area contributed by atoms with E-state index in [1.165, 1.54) is 0 Å². The van der Waals surface area contributed by atoms with Crippen LogP contribution in [0.5, 0.6) is 0 Å². The minimum Gasteiger partial charge on any atom is -0.311 e. The van der Waals surface area contributed by atoms with Crippen LogP contribution in [0.1, 0.15) is 33.1 Å². The molecule has 106 valence electrons. The Labute approximate surface area is 107 Å². The second-order valence-corrected chi connectivity index (χ2v) is 5.85. The molecule has 2 fully saturated rings. The average molecular weight is 264 g/mol. The first-order valence-electron chi connectivity index (χ1n) is 6.95. The molecule has 0 radical (unpaired) electrons. The molecular formula is C13H23F3N2. The first kappa shape index (κ1) is 14.1. The number of hydrogen-bond donors (Lipinski definition) is 1.